The second kappa shape index (κ2) is 6.73. The van der Waals surface area contributed by atoms with E-state index in [0.29, 0.717) is 19.6 Å². The number of aliphatic hydroxyl groups is 1. The summed E-state index contributed by atoms with van der Waals surface area (Å²) in [5, 5.41) is 21.3. The SMILES string of the molecule is O=C(c1csc2c1CCCC2)N1C[C@H]2O[C@]3(C1)CN(c1nncs1)C[C@@H]3[C@@H]2CO. The lowest BCUT2D eigenvalue weighted by molar-refractivity contribution is -0.100. The van der Waals surface area contributed by atoms with Crippen LogP contribution in [0.4, 0.5) is 5.13 Å². The third-order valence-corrected chi connectivity index (χ3v) is 9.04. The van der Waals surface area contributed by atoms with Crippen LogP contribution in [0.15, 0.2) is 10.9 Å². The Balaban J connectivity index is 1.30. The zero-order valence-corrected chi connectivity index (χ0v) is 17.8. The second-order valence-corrected chi connectivity index (χ2v) is 10.5. The summed E-state index contributed by atoms with van der Waals surface area (Å²) in [6.45, 7) is 2.75. The first-order chi connectivity index (χ1) is 14.2. The lowest BCUT2D eigenvalue weighted by atomic mass is 9.83. The summed E-state index contributed by atoms with van der Waals surface area (Å²) in [5.41, 5.74) is 3.50. The number of carbonyl (C=O) groups excluding carboxylic acids is 1. The van der Waals surface area contributed by atoms with Gasteiger partial charge >= 0.3 is 0 Å². The van der Waals surface area contributed by atoms with Gasteiger partial charge in [-0.2, -0.15) is 0 Å². The number of likely N-dealkylation sites (tertiary alicyclic amines) is 1. The highest BCUT2D eigenvalue weighted by atomic mass is 32.1. The van der Waals surface area contributed by atoms with E-state index in [1.165, 1.54) is 34.6 Å². The molecule has 3 aliphatic heterocycles. The summed E-state index contributed by atoms with van der Waals surface area (Å²) in [4.78, 5) is 19.1. The van der Waals surface area contributed by atoms with E-state index in [4.69, 9.17) is 4.74 Å². The second-order valence-electron chi connectivity index (χ2n) is 8.72. The van der Waals surface area contributed by atoms with Crippen LogP contribution in [0.25, 0.3) is 0 Å². The Hall–Kier alpha value is -1.55. The molecule has 0 unspecified atom stereocenters. The van der Waals surface area contributed by atoms with E-state index in [9.17, 15) is 9.90 Å². The summed E-state index contributed by atoms with van der Waals surface area (Å²) in [6.07, 6.45) is 4.43. The predicted octanol–water partition coefficient (Wildman–Crippen LogP) is 1.82. The number of nitrogens with zero attached hydrogens (tertiary/aromatic N) is 4. The summed E-state index contributed by atoms with van der Waals surface area (Å²) in [7, 11) is 0. The van der Waals surface area contributed by atoms with Crippen molar-refractivity contribution in [3.63, 3.8) is 0 Å². The highest BCUT2D eigenvalue weighted by molar-refractivity contribution is 7.13. The van der Waals surface area contributed by atoms with E-state index < -0.39 is 5.60 Å². The predicted molar refractivity (Wildman–Crippen MR) is 111 cm³/mol. The van der Waals surface area contributed by atoms with Gasteiger partial charge in [-0.1, -0.05) is 11.3 Å². The number of rotatable bonds is 3. The van der Waals surface area contributed by atoms with Crippen molar-refractivity contribution in [3.05, 3.63) is 26.9 Å². The fraction of sp³-hybridized carbons (Fsp3) is 0.650. The topological polar surface area (TPSA) is 78.8 Å². The molecule has 3 fully saturated rings. The molecule has 1 N–H and O–H groups in total. The molecule has 7 nitrogen and oxygen atoms in total. The molecule has 154 valence electrons. The number of aryl methyl sites for hydroxylation is 1. The third kappa shape index (κ3) is 2.71. The van der Waals surface area contributed by atoms with Gasteiger partial charge in [0.1, 0.15) is 11.1 Å². The quantitative estimate of drug-likeness (QED) is 0.797. The number of anilines is 1. The monoisotopic (exact) mass is 432 g/mol. The smallest absolute Gasteiger partial charge is 0.255 e. The Labute approximate surface area is 177 Å². The Kier molecular flexibility index (Phi) is 4.23. The van der Waals surface area contributed by atoms with Crippen molar-refractivity contribution < 1.29 is 14.6 Å². The van der Waals surface area contributed by atoms with E-state index in [1.54, 1.807) is 16.8 Å². The van der Waals surface area contributed by atoms with Crippen molar-refractivity contribution >= 4 is 33.7 Å². The van der Waals surface area contributed by atoms with Crippen molar-refractivity contribution in [3.8, 4) is 0 Å². The van der Waals surface area contributed by atoms with Crippen LogP contribution in [0.1, 0.15) is 33.6 Å². The molecule has 4 atom stereocenters. The molecule has 0 aromatic carbocycles. The van der Waals surface area contributed by atoms with Crippen LogP contribution in [-0.4, -0.2) is 70.6 Å². The first-order valence-electron chi connectivity index (χ1n) is 10.4. The van der Waals surface area contributed by atoms with E-state index in [0.717, 1.165) is 30.1 Å². The number of carbonyl (C=O) groups is 1. The maximum absolute atomic E-state index is 13.5. The van der Waals surface area contributed by atoms with Crippen LogP contribution >= 0.6 is 22.7 Å². The summed E-state index contributed by atoms with van der Waals surface area (Å²) in [6, 6.07) is 0. The highest BCUT2D eigenvalue weighted by Crippen LogP contribution is 2.50. The molecule has 1 amide bonds. The number of hydrogen-bond donors (Lipinski definition) is 1. The molecular weight excluding hydrogens is 408 g/mol. The maximum Gasteiger partial charge on any atom is 0.255 e. The van der Waals surface area contributed by atoms with E-state index >= 15 is 0 Å². The minimum Gasteiger partial charge on any atom is -0.396 e. The van der Waals surface area contributed by atoms with Crippen molar-refractivity contribution in [1.82, 2.24) is 15.1 Å². The number of ether oxygens (including phenoxy) is 1. The molecule has 2 bridgehead atoms. The number of amides is 1. The van der Waals surface area contributed by atoms with E-state index in [1.807, 2.05) is 4.90 Å². The molecule has 1 aliphatic carbocycles. The van der Waals surface area contributed by atoms with Gasteiger partial charge in [-0.3, -0.25) is 4.79 Å². The average Bonchev–Trinajstić information content (AvgIpc) is 3.49. The van der Waals surface area contributed by atoms with Crippen LogP contribution < -0.4 is 4.90 Å². The van der Waals surface area contributed by atoms with Crippen LogP contribution in [0.2, 0.25) is 0 Å². The first kappa shape index (κ1) is 18.2. The van der Waals surface area contributed by atoms with Gasteiger partial charge in [0.25, 0.3) is 5.91 Å². The molecule has 9 heteroatoms. The molecule has 2 aromatic rings. The molecule has 4 aliphatic rings. The van der Waals surface area contributed by atoms with Crippen LogP contribution in [0.5, 0.6) is 0 Å². The standard InChI is InChI=1S/C20H24N4O3S2/c25-7-13-15-5-24(19-22-21-11-29-19)10-20(15)9-23(6-16(13)27-20)18(26)14-8-28-17-4-2-1-3-12(14)17/h8,11,13,15-16,25H,1-7,9-10H2/t13-,15+,16+,20+/m0/s1. The number of fused-ring (bicyclic) bond motifs is 2. The summed E-state index contributed by atoms with van der Waals surface area (Å²) >= 11 is 3.26. The molecular formula is C20H24N4O3S2. The number of thiophene rings is 1. The van der Waals surface area contributed by atoms with Crippen molar-refractivity contribution in [1.29, 1.82) is 0 Å². The molecule has 1 spiro atoms. The van der Waals surface area contributed by atoms with E-state index in [2.05, 4.69) is 20.5 Å². The number of aliphatic hydroxyl groups excluding tert-OH is 1. The van der Waals surface area contributed by atoms with Crippen molar-refractivity contribution in [2.24, 2.45) is 11.8 Å². The van der Waals surface area contributed by atoms with Gasteiger partial charge < -0.3 is 19.6 Å². The van der Waals surface area contributed by atoms with Crippen LogP contribution in [0, 0.1) is 11.8 Å². The third-order valence-electron chi connectivity index (χ3n) is 7.20. The normalized spacial score (nSPS) is 33.1. The molecule has 5 heterocycles. The zero-order valence-electron chi connectivity index (χ0n) is 16.1. The number of aromatic nitrogens is 2. The molecule has 0 radical (unpaired) electrons. The zero-order chi connectivity index (χ0) is 19.6. The van der Waals surface area contributed by atoms with E-state index in [-0.39, 0.29) is 30.5 Å². The largest absolute Gasteiger partial charge is 0.396 e. The van der Waals surface area contributed by atoms with Crippen molar-refractivity contribution in [2.45, 2.75) is 37.4 Å². The van der Waals surface area contributed by atoms with Gasteiger partial charge in [-0.15, -0.1) is 21.5 Å². The molecule has 2 aromatic heterocycles. The first-order valence-corrected chi connectivity index (χ1v) is 12.1. The molecule has 0 saturated carbocycles. The Morgan fingerprint density at radius 1 is 1.28 bits per heavy atom. The van der Waals surface area contributed by atoms with Gasteiger partial charge in [0.05, 0.1) is 24.8 Å². The van der Waals surface area contributed by atoms with Gasteiger partial charge in [0.15, 0.2) is 0 Å². The Morgan fingerprint density at radius 3 is 3.00 bits per heavy atom. The summed E-state index contributed by atoms with van der Waals surface area (Å²) in [5.74, 6) is 0.404. The number of morpholine rings is 1. The minimum absolute atomic E-state index is 0.0575. The van der Waals surface area contributed by atoms with Crippen molar-refractivity contribution in [2.75, 3.05) is 37.7 Å². The van der Waals surface area contributed by atoms with Gasteiger partial charge in [-0.05, 0) is 31.2 Å². The fourth-order valence-corrected chi connectivity index (χ4v) is 7.57. The average molecular weight is 433 g/mol. The van der Waals surface area contributed by atoms with Crippen LogP contribution in [0.3, 0.4) is 0 Å². The fourth-order valence-electron chi connectivity index (χ4n) is 5.88. The highest BCUT2D eigenvalue weighted by Gasteiger charge is 2.63. The Bertz CT molecular complexity index is 932. The molecule has 6 rings (SSSR count). The number of hydrogen-bond acceptors (Lipinski definition) is 8. The lowest BCUT2D eigenvalue weighted by Gasteiger charge is -2.40. The van der Waals surface area contributed by atoms with Gasteiger partial charge in [0.2, 0.25) is 5.13 Å². The minimum atomic E-state index is -0.423. The van der Waals surface area contributed by atoms with Gasteiger partial charge in [-0.25, -0.2) is 0 Å². The Morgan fingerprint density at radius 2 is 2.17 bits per heavy atom. The lowest BCUT2D eigenvalue weighted by Crippen LogP contribution is -2.55. The molecule has 3 saturated heterocycles. The van der Waals surface area contributed by atoms with Gasteiger partial charge in [0, 0.05) is 41.8 Å². The summed E-state index contributed by atoms with van der Waals surface area (Å²) < 4.78 is 6.51. The van der Waals surface area contributed by atoms with Crippen LogP contribution in [-0.2, 0) is 17.6 Å². The maximum atomic E-state index is 13.5. The molecule has 29 heavy (non-hydrogen) atoms.